The van der Waals surface area contributed by atoms with E-state index in [0.717, 1.165) is 41.5 Å². The minimum atomic E-state index is -4.03. The molecular formula is C27H30N2O4S. The van der Waals surface area contributed by atoms with Crippen LogP contribution in [0.15, 0.2) is 65.6 Å². The standard InChI is InChI=1S/C27H30N2O4S/c1-27(2,3)20-12-14-22(15-13-20)34(31,32)29-26(30)28-25-23-10-6-7-18(23)11-16-24(25)19-8-5-9-21(17-19)33-4/h5,8-9,11-17H,6-7,10H2,1-4H3,(H2,28,29,30). The van der Waals surface area contributed by atoms with E-state index in [1.165, 1.54) is 17.7 Å². The predicted octanol–water partition coefficient (Wildman–Crippen LogP) is 5.66. The molecule has 0 aromatic heterocycles. The number of hydrogen-bond donors (Lipinski definition) is 2. The zero-order valence-corrected chi connectivity index (χ0v) is 20.8. The highest BCUT2D eigenvalue weighted by molar-refractivity contribution is 7.90. The SMILES string of the molecule is COc1cccc(-c2ccc3c(c2NC(=O)NS(=O)(=O)c2ccc(C(C)(C)C)cc2)CCC3)c1. The first-order chi connectivity index (χ1) is 16.1. The Morgan fingerprint density at radius 2 is 1.71 bits per heavy atom. The lowest BCUT2D eigenvalue weighted by Gasteiger charge is -2.19. The predicted molar refractivity (Wildman–Crippen MR) is 135 cm³/mol. The van der Waals surface area contributed by atoms with Gasteiger partial charge in [0.15, 0.2) is 0 Å². The Bertz CT molecular complexity index is 1320. The van der Waals surface area contributed by atoms with E-state index in [1.54, 1.807) is 19.2 Å². The van der Waals surface area contributed by atoms with E-state index in [9.17, 15) is 13.2 Å². The van der Waals surface area contributed by atoms with Crippen LogP contribution >= 0.6 is 0 Å². The first kappa shape index (κ1) is 23.8. The van der Waals surface area contributed by atoms with E-state index in [4.69, 9.17) is 4.74 Å². The molecule has 1 aliphatic rings. The van der Waals surface area contributed by atoms with Gasteiger partial charge in [-0.3, -0.25) is 0 Å². The van der Waals surface area contributed by atoms with Gasteiger partial charge in [0, 0.05) is 5.56 Å². The molecule has 3 aromatic carbocycles. The quantitative estimate of drug-likeness (QED) is 0.496. The maximum atomic E-state index is 12.9. The number of sulfonamides is 1. The summed E-state index contributed by atoms with van der Waals surface area (Å²) in [6.45, 7) is 6.17. The van der Waals surface area contributed by atoms with Gasteiger partial charge in [-0.15, -0.1) is 0 Å². The zero-order chi connectivity index (χ0) is 24.5. The Hall–Kier alpha value is -3.32. The number of fused-ring (bicyclic) bond motifs is 1. The molecule has 0 bridgehead atoms. The van der Waals surface area contributed by atoms with E-state index in [2.05, 4.69) is 36.9 Å². The lowest BCUT2D eigenvalue weighted by molar-refractivity contribution is 0.256. The molecule has 0 saturated heterocycles. The number of amides is 2. The number of nitrogens with one attached hydrogen (secondary N) is 2. The summed E-state index contributed by atoms with van der Waals surface area (Å²) in [7, 11) is -2.42. The number of anilines is 1. The van der Waals surface area contributed by atoms with Gasteiger partial charge in [0.2, 0.25) is 0 Å². The van der Waals surface area contributed by atoms with Crippen molar-refractivity contribution in [1.82, 2.24) is 4.72 Å². The summed E-state index contributed by atoms with van der Waals surface area (Å²) >= 11 is 0. The van der Waals surface area contributed by atoms with E-state index >= 15 is 0 Å². The van der Waals surface area contributed by atoms with Gasteiger partial charge < -0.3 is 10.1 Å². The van der Waals surface area contributed by atoms with Gasteiger partial charge in [-0.05, 0) is 71.2 Å². The van der Waals surface area contributed by atoms with Crippen LogP contribution in [-0.4, -0.2) is 21.6 Å². The monoisotopic (exact) mass is 478 g/mol. The summed E-state index contributed by atoms with van der Waals surface area (Å²) in [6.07, 6.45) is 2.75. The molecule has 7 heteroatoms. The smallest absolute Gasteiger partial charge is 0.333 e. The molecule has 0 atom stereocenters. The van der Waals surface area contributed by atoms with Crippen LogP contribution in [0.1, 0.15) is 43.9 Å². The molecule has 4 rings (SSSR count). The third kappa shape index (κ3) is 4.94. The van der Waals surface area contributed by atoms with Crippen LogP contribution in [-0.2, 0) is 28.3 Å². The van der Waals surface area contributed by atoms with E-state index in [0.29, 0.717) is 11.4 Å². The number of carbonyl (C=O) groups excluding carboxylic acids is 1. The maximum absolute atomic E-state index is 12.9. The van der Waals surface area contributed by atoms with Crippen molar-refractivity contribution in [3.63, 3.8) is 0 Å². The molecule has 1 aliphatic carbocycles. The maximum Gasteiger partial charge on any atom is 0.333 e. The average molecular weight is 479 g/mol. The van der Waals surface area contributed by atoms with E-state index in [-0.39, 0.29) is 10.3 Å². The fourth-order valence-electron chi connectivity index (χ4n) is 4.29. The Kier molecular flexibility index (Phi) is 6.41. The first-order valence-corrected chi connectivity index (χ1v) is 12.8. The van der Waals surface area contributed by atoms with Crippen LogP contribution in [0.25, 0.3) is 11.1 Å². The van der Waals surface area contributed by atoms with Crippen molar-refractivity contribution >= 4 is 21.7 Å². The highest BCUT2D eigenvalue weighted by Gasteiger charge is 2.24. The molecule has 178 valence electrons. The normalized spacial score (nSPS) is 13.3. The number of hydrogen-bond acceptors (Lipinski definition) is 4. The van der Waals surface area contributed by atoms with E-state index < -0.39 is 16.1 Å². The molecule has 34 heavy (non-hydrogen) atoms. The van der Waals surface area contributed by atoms with Gasteiger partial charge in [0.1, 0.15) is 5.75 Å². The molecular weight excluding hydrogens is 448 g/mol. The van der Waals surface area contributed by atoms with Crippen molar-refractivity contribution in [2.45, 2.75) is 50.3 Å². The Balaban J connectivity index is 1.62. The van der Waals surface area contributed by atoms with Crippen molar-refractivity contribution in [2.24, 2.45) is 0 Å². The molecule has 0 spiro atoms. The summed E-state index contributed by atoms with van der Waals surface area (Å²) in [4.78, 5) is 13.0. The molecule has 0 unspecified atom stereocenters. The molecule has 0 saturated carbocycles. The number of ether oxygens (including phenoxy) is 1. The number of carbonyl (C=O) groups is 1. The van der Waals surface area contributed by atoms with Crippen molar-refractivity contribution in [1.29, 1.82) is 0 Å². The van der Waals surface area contributed by atoms with Crippen LogP contribution in [0.2, 0.25) is 0 Å². The number of urea groups is 1. The molecule has 0 aliphatic heterocycles. The minimum Gasteiger partial charge on any atom is -0.497 e. The molecule has 6 nitrogen and oxygen atoms in total. The van der Waals surface area contributed by atoms with Crippen LogP contribution in [0.5, 0.6) is 5.75 Å². The lowest BCUT2D eigenvalue weighted by atomic mass is 9.87. The second kappa shape index (κ2) is 9.14. The van der Waals surface area contributed by atoms with Crippen molar-refractivity contribution in [3.05, 3.63) is 77.4 Å². The van der Waals surface area contributed by atoms with Crippen molar-refractivity contribution < 1.29 is 17.9 Å². The van der Waals surface area contributed by atoms with Gasteiger partial charge >= 0.3 is 6.03 Å². The number of rotatable bonds is 5. The Labute approximate surface area is 201 Å². The molecule has 0 radical (unpaired) electrons. The second-order valence-electron chi connectivity index (χ2n) is 9.55. The highest BCUT2D eigenvalue weighted by atomic mass is 32.2. The molecule has 0 fully saturated rings. The van der Waals surface area contributed by atoms with Gasteiger partial charge in [-0.1, -0.05) is 57.2 Å². The van der Waals surface area contributed by atoms with Crippen LogP contribution in [0, 0.1) is 0 Å². The van der Waals surface area contributed by atoms with Crippen LogP contribution in [0.3, 0.4) is 0 Å². The Morgan fingerprint density at radius 3 is 2.38 bits per heavy atom. The molecule has 2 N–H and O–H groups in total. The van der Waals surface area contributed by atoms with Crippen molar-refractivity contribution in [3.8, 4) is 16.9 Å². The molecule has 0 heterocycles. The zero-order valence-electron chi connectivity index (χ0n) is 19.9. The average Bonchev–Trinajstić information content (AvgIpc) is 3.28. The third-order valence-corrected chi connectivity index (χ3v) is 7.51. The topological polar surface area (TPSA) is 84.5 Å². The molecule has 2 amide bonds. The van der Waals surface area contributed by atoms with Crippen LogP contribution in [0.4, 0.5) is 10.5 Å². The second-order valence-corrected chi connectivity index (χ2v) is 11.2. The first-order valence-electron chi connectivity index (χ1n) is 11.3. The van der Waals surface area contributed by atoms with Crippen molar-refractivity contribution in [2.75, 3.05) is 12.4 Å². The minimum absolute atomic E-state index is 0.0435. The number of benzene rings is 3. The van der Waals surface area contributed by atoms with Crippen LogP contribution < -0.4 is 14.8 Å². The summed E-state index contributed by atoms with van der Waals surface area (Å²) in [5, 5.41) is 2.84. The number of aryl methyl sites for hydroxylation is 1. The lowest BCUT2D eigenvalue weighted by Crippen LogP contribution is -2.34. The highest BCUT2D eigenvalue weighted by Crippen LogP contribution is 2.38. The Morgan fingerprint density at radius 1 is 0.971 bits per heavy atom. The fourth-order valence-corrected chi connectivity index (χ4v) is 5.20. The van der Waals surface area contributed by atoms with Gasteiger partial charge in [0.25, 0.3) is 10.0 Å². The van der Waals surface area contributed by atoms with Gasteiger partial charge in [-0.25, -0.2) is 17.9 Å². The fraction of sp³-hybridized carbons (Fsp3) is 0.296. The summed E-state index contributed by atoms with van der Waals surface area (Å²) < 4.78 is 33.3. The summed E-state index contributed by atoms with van der Waals surface area (Å²) in [5.41, 5.74) is 5.46. The number of methoxy groups -OCH3 is 1. The van der Waals surface area contributed by atoms with Gasteiger partial charge in [0.05, 0.1) is 17.7 Å². The largest absolute Gasteiger partial charge is 0.497 e. The third-order valence-electron chi connectivity index (χ3n) is 6.16. The summed E-state index contributed by atoms with van der Waals surface area (Å²) in [5.74, 6) is 0.703. The summed E-state index contributed by atoms with van der Waals surface area (Å²) in [6, 6.07) is 17.4. The van der Waals surface area contributed by atoms with Gasteiger partial charge in [-0.2, -0.15) is 0 Å². The molecule has 3 aromatic rings. The van der Waals surface area contributed by atoms with E-state index in [1.807, 2.05) is 30.3 Å².